The second-order valence-corrected chi connectivity index (χ2v) is 5.99. The summed E-state index contributed by atoms with van der Waals surface area (Å²) in [5, 5.41) is 9.34. The molecule has 5 heteroatoms. The van der Waals surface area contributed by atoms with Gasteiger partial charge < -0.3 is 9.84 Å². The number of amides is 1. The Morgan fingerprint density at radius 1 is 1.35 bits per heavy atom. The van der Waals surface area contributed by atoms with Gasteiger partial charge in [-0.3, -0.25) is 4.90 Å². The molecule has 5 nitrogen and oxygen atoms in total. The molecule has 0 saturated carbocycles. The van der Waals surface area contributed by atoms with Gasteiger partial charge in [0.1, 0.15) is 11.6 Å². The van der Waals surface area contributed by atoms with E-state index >= 15 is 0 Å². The van der Waals surface area contributed by atoms with Crippen molar-refractivity contribution in [2.45, 2.75) is 45.8 Å². The molecule has 1 aliphatic heterocycles. The molecule has 1 heterocycles. The van der Waals surface area contributed by atoms with Crippen molar-refractivity contribution in [3.63, 3.8) is 0 Å². The van der Waals surface area contributed by atoms with Crippen molar-refractivity contribution >= 4 is 17.7 Å². The number of carbonyl (C=O) groups excluding carboxylic acids is 1. The molecule has 1 aromatic carbocycles. The van der Waals surface area contributed by atoms with Gasteiger partial charge in [0, 0.05) is 6.42 Å². The van der Waals surface area contributed by atoms with Crippen LogP contribution in [0.25, 0.3) is 0 Å². The van der Waals surface area contributed by atoms with Crippen LogP contribution in [-0.4, -0.2) is 28.8 Å². The number of rotatable bonds is 1. The number of para-hydroxylation sites is 1. The summed E-state index contributed by atoms with van der Waals surface area (Å²) < 4.78 is 5.34. The molecule has 0 bridgehead atoms. The van der Waals surface area contributed by atoms with Crippen molar-refractivity contribution in [3.8, 4) is 0 Å². The first-order chi connectivity index (χ1) is 9.20. The minimum atomic E-state index is -1.02. The first kappa shape index (κ1) is 14.4. The molecule has 0 radical (unpaired) electrons. The monoisotopic (exact) mass is 277 g/mol. The molecule has 0 saturated heterocycles. The van der Waals surface area contributed by atoms with Gasteiger partial charge in [0.05, 0.1) is 5.69 Å². The second kappa shape index (κ2) is 4.81. The van der Waals surface area contributed by atoms with Crippen LogP contribution in [0.2, 0.25) is 0 Å². The molecule has 0 aliphatic carbocycles. The lowest BCUT2D eigenvalue weighted by Crippen LogP contribution is -2.45. The molecule has 1 N–H and O–H groups in total. The average Bonchev–Trinajstić information content (AvgIpc) is 2.67. The zero-order valence-electron chi connectivity index (χ0n) is 12.1. The molecule has 1 atom stereocenters. The van der Waals surface area contributed by atoms with Crippen molar-refractivity contribution in [1.82, 2.24) is 0 Å². The molecular weight excluding hydrogens is 258 g/mol. The zero-order chi connectivity index (χ0) is 15.1. The van der Waals surface area contributed by atoms with Gasteiger partial charge in [-0.05, 0) is 38.8 Å². The van der Waals surface area contributed by atoms with E-state index in [9.17, 15) is 14.7 Å². The Labute approximate surface area is 118 Å². The van der Waals surface area contributed by atoms with Crippen LogP contribution in [0, 0.1) is 6.92 Å². The van der Waals surface area contributed by atoms with Crippen LogP contribution in [0.1, 0.15) is 31.9 Å². The first-order valence-corrected chi connectivity index (χ1v) is 6.54. The molecule has 1 aromatic rings. The third-order valence-electron chi connectivity index (χ3n) is 3.16. The summed E-state index contributed by atoms with van der Waals surface area (Å²) in [6.07, 6.45) is -0.302. The fourth-order valence-corrected chi connectivity index (χ4v) is 2.41. The van der Waals surface area contributed by atoms with E-state index in [1.807, 2.05) is 25.1 Å². The van der Waals surface area contributed by atoms with Gasteiger partial charge in [0.15, 0.2) is 0 Å². The number of carboxylic acid groups (broad SMARTS) is 1. The van der Waals surface area contributed by atoms with E-state index < -0.39 is 23.7 Å². The Morgan fingerprint density at radius 2 is 2.00 bits per heavy atom. The standard InChI is InChI=1S/C15H19NO4/c1-9-6-5-7-10-8-11(13(17)18)16(12(9)10)14(19)20-15(2,3)4/h5-7,11H,8H2,1-4H3,(H,17,18). The Balaban J connectivity index is 2.42. The highest BCUT2D eigenvalue weighted by Crippen LogP contribution is 2.36. The Kier molecular flexibility index (Phi) is 3.46. The number of benzene rings is 1. The highest BCUT2D eigenvalue weighted by atomic mass is 16.6. The number of nitrogens with zero attached hydrogens (tertiary/aromatic N) is 1. The summed E-state index contributed by atoms with van der Waals surface area (Å²) in [7, 11) is 0. The lowest BCUT2D eigenvalue weighted by Gasteiger charge is -2.28. The molecule has 2 rings (SSSR count). The summed E-state index contributed by atoms with van der Waals surface area (Å²) in [5.74, 6) is -1.02. The highest BCUT2D eigenvalue weighted by Gasteiger charge is 2.41. The van der Waals surface area contributed by atoms with Gasteiger partial charge in [0.25, 0.3) is 0 Å². The minimum absolute atomic E-state index is 0.311. The molecule has 0 aromatic heterocycles. The summed E-state index contributed by atoms with van der Waals surface area (Å²) >= 11 is 0. The zero-order valence-corrected chi connectivity index (χ0v) is 12.1. The number of carbonyl (C=O) groups is 2. The van der Waals surface area contributed by atoms with E-state index in [0.717, 1.165) is 11.1 Å². The molecule has 1 unspecified atom stereocenters. The van der Waals surface area contributed by atoms with Gasteiger partial charge >= 0.3 is 12.1 Å². The van der Waals surface area contributed by atoms with Crippen LogP contribution in [-0.2, 0) is 16.0 Å². The van der Waals surface area contributed by atoms with E-state index in [1.165, 1.54) is 4.90 Å². The third kappa shape index (κ3) is 2.61. The number of anilines is 1. The van der Waals surface area contributed by atoms with Gasteiger partial charge in [-0.25, -0.2) is 9.59 Å². The fourth-order valence-electron chi connectivity index (χ4n) is 2.41. The molecule has 1 amide bonds. The second-order valence-electron chi connectivity index (χ2n) is 5.99. The maximum atomic E-state index is 12.3. The van der Waals surface area contributed by atoms with Crippen molar-refractivity contribution in [2.75, 3.05) is 4.90 Å². The minimum Gasteiger partial charge on any atom is -0.480 e. The number of ether oxygens (including phenoxy) is 1. The normalized spacial score (nSPS) is 17.8. The molecular formula is C15H19NO4. The Bertz CT molecular complexity index is 559. The van der Waals surface area contributed by atoms with Crippen LogP contribution in [0.3, 0.4) is 0 Å². The van der Waals surface area contributed by atoms with E-state index in [0.29, 0.717) is 12.1 Å². The number of carboxylic acids is 1. The van der Waals surface area contributed by atoms with Gasteiger partial charge in [0.2, 0.25) is 0 Å². The largest absolute Gasteiger partial charge is 0.480 e. The van der Waals surface area contributed by atoms with Gasteiger partial charge in [-0.2, -0.15) is 0 Å². The Morgan fingerprint density at radius 3 is 2.55 bits per heavy atom. The van der Waals surface area contributed by atoms with E-state index in [2.05, 4.69) is 0 Å². The molecule has 1 aliphatic rings. The highest BCUT2D eigenvalue weighted by molar-refractivity contribution is 5.99. The number of aliphatic carboxylic acids is 1. The van der Waals surface area contributed by atoms with Crippen LogP contribution < -0.4 is 4.90 Å². The maximum Gasteiger partial charge on any atom is 0.415 e. The topological polar surface area (TPSA) is 66.8 Å². The summed E-state index contributed by atoms with van der Waals surface area (Å²) in [4.78, 5) is 25.0. The van der Waals surface area contributed by atoms with E-state index in [-0.39, 0.29) is 0 Å². The van der Waals surface area contributed by atoms with Crippen LogP contribution in [0.4, 0.5) is 10.5 Å². The average molecular weight is 277 g/mol. The predicted octanol–water partition coefficient (Wildman–Crippen LogP) is 2.75. The van der Waals surface area contributed by atoms with Crippen LogP contribution in [0.5, 0.6) is 0 Å². The van der Waals surface area contributed by atoms with Crippen molar-refractivity contribution in [3.05, 3.63) is 29.3 Å². The quantitative estimate of drug-likeness (QED) is 0.857. The maximum absolute atomic E-state index is 12.3. The molecule has 108 valence electrons. The molecule has 20 heavy (non-hydrogen) atoms. The van der Waals surface area contributed by atoms with Gasteiger partial charge in [-0.1, -0.05) is 18.2 Å². The van der Waals surface area contributed by atoms with Crippen molar-refractivity contribution in [1.29, 1.82) is 0 Å². The summed E-state index contributed by atoms with van der Waals surface area (Å²) in [6, 6.07) is 4.68. The van der Waals surface area contributed by atoms with E-state index in [4.69, 9.17) is 4.74 Å². The number of aryl methyl sites for hydroxylation is 1. The first-order valence-electron chi connectivity index (χ1n) is 6.54. The van der Waals surface area contributed by atoms with Crippen molar-refractivity contribution < 1.29 is 19.4 Å². The predicted molar refractivity (Wildman–Crippen MR) is 75.0 cm³/mol. The summed E-state index contributed by atoms with van der Waals surface area (Å²) in [5.41, 5.74) is 1.74. The lowest BCUT2D eigenvalue weighted by molar-refractivity contribution is -0.138. The smallest absolute Gasteiger partial charge is 0.415 e. The third-order valence-corrected chi connectivity index (χ3v) is 3.16. The molecule has 0 fully saturated rings. The van der Waals surface area contributed by atoms with Crippen LogP contribution in [0.15, 0.2) is 18.2 Å². The number of hydrogen-bond donors (Lipinski definition) is 1. The molecule has 0 spiro atoms. The van der Waals surface area contributed by atoms with Gasteiger partial charge in [-0.15, -0.1) is 0 Å². The SMILES string of the molecule is Cc1cccc2c1N(C(=O)OC(C)(C)C)C(C(=O)O)C2. The summed E-state index contributed by atoms with van der Waals surface area (Å²) in [6.45, 7) is 7.14. The lowest BCUT2D eigenvalue weighted by atomic mass is 10.1. The van der Waals surface area contributed by atoms with Crippen LogP contribution >= 0.6 is 0 Å². The fraction of sp³-hybridized carbons (Fsp3) is 0.467. The van der Waals surface area contributed by atoms with E-state index in [1.54, 1.807) is 20.8 Å². The Hall–Kier alpha value is -2.04. The number of hydrogen-bond acceptors (Lipinski definition) is 3. The van der Waals surface area contributed by atoms with Crippen molar-refractivity contribution in [2.24, 2.45) is 0 Å². The number of fused-ring (bicyclic) bond motifs is 1.